The van der Waals surface area contributed by atoms with Crippen LogP contribution in [0.4, 0.5) is 0 Å². The molecule has 0 nitrogen and oxygen atoms in total. The summed E-state index contributed by atoms with van der Waals surface area (Å²) in [6, 6.07) is 0. The van der Waals surface area contributed by atoms with Crippen LogP contribution >= 0.6 is 0 Å². The maximum absolute atomic E-state index is 2.78. The van der Waals surface area contributed by atoms with Gasteiger partial charge in [-0.2, -0.15) is 0 Å². The molecule has 8 fully saturated rings. The van der Waals surface area contributed by atoms with E-state index in [0.717, 1.165) is 46.3 Å². The third kappa shape index (κ3) is 1.70. The molecule has 8 aliphatic rings. The van der Waals surface area contributed by atoms with Crippen molar-refractivity contribution in [2.45, 2.75) is 90.9 Å². The Morgan fingerprint density at radius 1 is 0.478 bits per heavy atom. The monoisotopic (exact) mass is 312 g/mol. The lowest BCUT2D eigenvalue weighted by molar-refractivity contribution is -0.214. The topological polar surface area (TPSA) is 0 Å². The van der Waals surface area contributed by atoms with E-state index in [4.69, 9.17) is 0 Å². The maximum atomic E-state index is 2.78. The van der Waals surface area contributed by atoms with Crippen molar-refractivity contribution < 1.29 is 0 Å². The Hall–Kier alpha value is 0. The molecule has 0 unspecified atom stereocenters. The van der Waals surface area contributed by atoms with Crippen LogP contribution in [0.2, 0.25) is 0 Å². The molecule has 8 bridgehead atoms. The van der Waals surface area contributed by atoms with Crippen molar-refractivity contribution in [3.8, 4) is 0 Å². The Kier molecular flexibility index (Phi) is 2.60. The molecule has 0 amide bonds. The highest BCUT2D eigenvalue weighted by atomic mass is 14.7. The van der Waals surface area contributed by atoms with Gasteiger partial charge in [0.05, 0.1) is 0 Å². The first-order valence-corrected chi connectivity index (χ1v) is 11.0. The van der Waals surface area contributed by atoms with Crippen molar-refractivity contribution in [1.29, 1.82) is 0 Å². The highest BCUT2D eigenvalue weighted by molar-refractivity contribution is 5.15. The summed E-state index contributed by atoms with van der Waals surface area (Å²) >= 11 is 0. The molecule has 0 radical (unpaired) electrons. The van der Waals surface area contributed by atoms with Crippen LogP contribution in [-0.2, 0) is 0 Å². The van der Waals surface area contributed by atoms with Gasteiger partial charge in [-0.15, -0.1) is 0 Å². The number of hydrogen-bond acceptors (Lipinski definition) is 0. The lowest BCUT2D eigenvalue weighted by Gasteiger charge is -2.71. The zero-order chi connectivity index (χ0) is 15.4. The first-order chi connectivity index (χ1) is 11.0. The van der Waals surface area contributed by atoms with Crippen LogP contribution in [0.5, 0.6) is 0 Å². The molecular weight excluding hydrogens is 276 g/mol. The minimum Gasteiger partial charge on any atom is -0.0588 e. The summed E-state index contributed by atoms with van der Waals surface area (Å²) < 4.78 is 0. The molecule has 0 N–H and O–H groups in total. The molecule has 0 aromatic carbocycles. The van der Waals surface area contributed by atoms with Gasteiger partial charge in [-0.3, -0.25) is 0 Å². The molecule has 0 aliphatic heterocycles. The molecular formula is C23H36. The predicted molar refractivity (Wildman–Crippen MR) is 95.0 cm³/mol. The van der Waals surface area contributed by atoms with Crippen LogP contribution in [0.3, 0.4) is 0 Å². The summed E-state index contributed by atoms with van der Waals surface area (Å²) in [6.45, 7) is 5.57. The third-order valence-electron chi connectivity index (χ3n) is 10.7. The standard InChI is InChI=1S/C23H36/c1-21(2,22-9-15-3-16(10-22)5-17(4-15)11-22)23-12-18-6-19(13-23)8-20(7-18)14-23/h15-20H,3-14H2,1-2H3. The Morgan fingerprint density at radius 3 is 0.913 bits per heavy atom. The van der Waals surface area contributed by atoms with Gasteiger partial charge in [0.15, 0.2) is 0 Å². The highest BCUT2D eigenvalue weighted by Gasteiger charge is 2.66. The van der Waals surface area contributed by atoms with Crippen molar-refractivity contribution >= 4 is 0 Å². The van der Waals surface area contributed by atoms with Gasteiger partial charge in [-0.25, -0.2) is 0 Å². The second-order valence-corrected chi connectivity index (χ2v) is 12.0. The Bertz CT molecular complexity index is 408. The van der Waals surface area contributed by atoms with E-state index in [-0.39, 0.29) is 0 Å². The van der Waals surface area contributed by atoms with E-state index in [2.05, 4.69) is 13.8 Å². The van der Waals surface area contributed by atoms with Crippen molar-refractivity contribution in [1.82, 2.24) is 0 Å². The zero-order valence-corrected chi connectivity index (χ0v) is 15.4. The minimum absolute atomic E-state index is 0.617. The molecule has 0 heterocycles. The van der Waals surface area contributed by atoms with Crippen LogP contribution in [0.1, 0.15) is 90.9 Å². The fourth-order valence-electron chi connectivity index (χ4n) is 10.3. The molecule has 0 spiro atoms. The van der Waals surface area contributed by atoms with E-state index in [1.165, 1.54) is 0 Å². The van der Waals surface area contributed by atoms with Gasteiger partial charge in [-0.1, -0.05) is 13.8 Å². The van der Waals surface area contributed by atoms with Gasteiger partial charge in [0.1, 0.15) is 0 Å². The second-order valence-electron chi connectivity index (χ2n) is 12.0. The van der Waals surface area contributed by atoms with Crippen molar-refractivity contribution in [2.24, 2.45) is 51.8 Å². The van der Waals surface area contributed by atoms with Gasteiger partial charge in [0, 0.05) is 0 Å². The van der Waals surface area contributed by atoms with E-state index in [1.54, 1.807) is 77.0 Å². The summed E-state index contributed by atoms with van der Waals surface area (Å²) in [6.07, 6.45) is 19.4. The molecule has 0 saturated heterocycles. The normalized spacial score (nSPS) is 59.7. The SMILES string of the molecule is CC(C)(C12CC3CC(CC(C3)C1)C2)C12CC3CC(CC(C3)C1)C2. The van der Waals surface area contributed by atoms with Gasteiger partial charge in [0.2, 0.25) is 0 Å². The lowest BCUT2D eigenvalue weighted by atomic mass is 9.34. The molecule has 0 aromatic rings. The van der Waals surface area contributed by atoms with E-state index in [1.807, 2.05) is 0 Å². The molecule has 0 heteroatoms. The second kappa shape index (κ2) is 4.21. The largest absolute Gasteiger partial charge is 0.0588 e. The molecule has 0 aromatic heterocycles. The zero-order valence-electron chi connectivity index (χ0n) is 15.4. The predicted octanol–water partition coefficient (Wildman–Crippen LogP) is 6.45. The molecule has 128 valence electrons. The van der Waals surface area contributed by atoms with E-state index >= 15 is 0 Å². The van der Waals surface area contributed by atoms with Crippen molar-refractivity contribution in [3.63, 3.8) is 0 Å². The number of rotatable bonds is 2. The van der Waals surface area contributed by atoms with E-state index in [9.17, 15) is 0 Å². The van der Waals surface area contributed by atoms with Crippen LogP contribution in [-0.4, -0.2) is 0 Å². The van der Waals surface area contributed by atoms with Crippen LogP contribution in [0.25, 0.3) is 0 Å². The lowest BCUT2D eigenvalue weighted by Crippen LogP contribution is -2.62. The van der Waals surface area contributed by atoms with Crippen molar-refractivity contribution in [2.75, 3.05) is 0 Å². The highest BCUT2D eigenvalue weighted by Crippen LogP contribution is 2.75. The van der Waals surface area contributed by atoms with Gasteiger partial charge >= 0.3 is 0 Å². The molecule has 8 saturated carbocycles. The Labute approximate surface area is 143 Å². The first kappa shape index (κ1) is 14.2. The Balaban J connectivity index is 1.41. The van der Waals surface area contributed by atoms with Crippen LogP contribution < -0.4 is 0 Å². The van der Waals surface area contributed by atoms with E-state index < -0.39 is 0 Å². The summed E-state index contributed by atoms with van der Waals surface area (Å²) in [4.78, 5) is 0. The molecule has 8 aliphatic carbocycles. The molecule has 0 atom stereocenters. The number of hydrogen-bond donors (Lipinski definition) is 0. The average molecular weight is 313 g/mol. The fraction of sp³-hybridized carbons (Fsp3) is 1.00. The van der Waals surface area contributed by atoms with E-state index in [0.29, 0.717) is 5.41 Å². The minimum atomic E-state index is 0.617. The van der Waals surface area contributed by atoms with Crippen LogP contribution in [0.15, 0.2) is 0 Å². The van der Waals surface area contributed by atoms with Crippen molar-refractivity contribution in [3.05, 3.63) is 0 Å². The third-order valence-corrected chi connectivity index (χ3v) is 10.7. The summed E-state index contributed by atoms with van der Waals surface area (Å²) in [7, 11) is 0. The van der Waals surface area contributed by atoms with Gasteiger partial charge in [-0.05, 0) is 129 Å². The van der Waals surface area contributed by atoms with Crippen LogP contribution in [0, 0.1) is 51.8 Å². The molecule has 23 heavy (non-hydrogen) atoms. The smallest absolute Gasteiger partial charge is 0.0233 e. The summed E-state index contributed by atoms with van der Waals surface area (Å²) in [5, 5.41) is 0. The maximum Gasteiger partial charge on any atom is -0.0233 e. The average Bonchev–Trinajstić information content (AvgIpc) is 2.44. The fourth-order valence-corrected chi connectivity index (χ4v) is 10.3. The summed E-state index contributed by atoms with van der Waals surface area (Å²) in [5.41, 5.74) is 2.10. The van der Waals surface area contributed by atoms with Gasteiger partial charge in [0.25, 0.3) is 0 Å². The first-order valence-electron chi connectivity index (χ1n) is 11.0. The summed E-state index contributed by atoms with van der Waals surface area (Å²) in [5.74, 6) is 6.72. The molecule has 8 rings (SSSR count). The quantitative estimate of drug-likeness (QED) is 0.550. The van der Waals surface area contributed by atoms with Gasteiger partial charge < -0.3 is 0 Å². The Morgan fingerprint density at radius 2 is 0.696 bits per heavy atom.